The van der Waals surface area contributed by atoms with E-state index >= 15 is 0 Å². The van der Waals surface area contributed by atoms with E-state index < -0.39 is 22.0 Å². The number of aliphatic hydroxyl groups excluding tert-OH is 1. The Hall–Kier alpha value is -1.22. The number of benzene rings is 1. The van der Waals surface area contributed by atoms with Gasteiger partial charge in [-0.15, -0.1) is 0 Å². The lowest BCUT2D eigenvalue weighted by molar-refractivity contribution is 0.163. The molecule has 6 nitrogen and oxygen atoms in total. The molecule has 4 N–H and O–H groups in total. The van der Waals surface area contributed by atoms with E-state index in [1.54, 1.807) is 0 Å². The maximum absolute atomic E-state index is 11.3. The average Bonchev–Trinajstić information content (AvgIpc) is 2.61. The predicted octanol–water partition coefficient (Wildman–Crippen LogP) is -0.365. The third kappa shape index (κ3) is 4.13. The Morgan fingerprint density at radius 1 is 1.26 bits per heavy atom. The molecule has 0 spiro atoms. The van der Waals surface area contributed by atoms with E-state index in [4.69, 9.17) is 12.2 Å². The van der Waals surface area contributed by atoms with Crippen LogP contribution in [0.4, 0.5) is 5.69 Å². The number of hydrogen-bond acceptors (Lipinski definition) is 5. The van der Waals surface area contributed by atoms with Gasteiger partial charge >= 0.3 is 0 Å². The van der Waals surface area contributed by atoms with Crippen molar-refractivity contribution >= 4 is 32.9 Å². The summed E-state index contributed by atoms with van der Waals surface area (Å²) in [5, 5.41) is 12.8. The first kappa shape index (κ1) is 14.2. The lowest BCUT2D eigenvalue weighted by atomic mass is 10.2. The van der Waals surface area contributed by atoms with E-state index in [9.17, 15) is 13.5 Å². The highest BCUT2D eigenvalue weighted by Crippen LogP contribution is 2.11. The van der Waals surface area contributed by atoms with Crippen molar-refractivity contribution in [3.63, 3.8) is 0 Å². The summed E-state index contributed by atoms with van der Waals surface area (Å²) in [5.41, 5.74) is 6.23. The molecule has 19 heavy (non-hydrogen) atoms. The smallest absolute Gasteiger partial charge is 0.185 e. The molecule has 1 aliphatic heterocycles. The number of hydrogen-bond donors (Lipinski definition) is 4. The van der Waals surface area contributed by atoms with Crippen LogP contribution >= 0.6 is 12.2 Å². The Balaban J connectivity index is 1.81. The van der Waals surface area contributed by atoms with Gasteiger partial charge in [0.1, 0.15) is 0 Å². The van der Waals surface area contributed by atoms with Gasteiger partial charge in [-0.2, -0.15) is 0 Å². The van der Waals surface area contributed by atoms with Gasteiger partial charge in [0.25, 0.3) is 0 Å². The van der Waals surface area contributed by atoms with Gasteiger partial charge in [0.05, 0.1) is 23.7 Å². The zero-order valence-corrected chi connectivity index (χ0v) is 11.7. The predicted molar refractivity (Wildman–Crippen MR) is 77.4 cm³/mol. The second kappa shape index (κ2) is 5.83. The van der Waals surface area contributed by atoms with Crippen LogP contribution in [0, 0.1) is 0 Å². The second-order valence-electron chi connectivity index (χ2n) is 4.34. The number of sulfone groups is 1. The van der Waals surface area contributed by atoms with Crippen LogP contribution in [0.5, 0.6) is 0 Å². The highest BCUT2D eigenvalue weighted by molar-refractivity contribution is 7.91. The number of aliphatic hydroxyl groups is 1. The number of para-hydroxylation sites is 1. The van der Waals surface area contributed by atoms with E-state index in [1.807, 2.05) is 30.3 Å². The molecule has 1 aromatic rings. The van der Waals surface area contributed by atoms with Gasteiger partial charge in [0.2, 0.25) is 0 Å². The summed E-state index contributed by atoms with van der Waals surface area (Å²) >= 11 is 5.05. The molecule has 2 atom stereocenters. The van der Waals surface area contributed by atoms with Crippen LogP contribution in [0.2, 0.25) is 0 Å². The molecular formula is C11H15N3O3S2. The fourth-order valence-corrected chi connectivity index (χ4v) is 3.73. The van der Waals surface area contributed by atoms with Crippen molar-refractivity contribution in [3.05, 3.63) is 30.3 Å². The van der Waals surface area contributed by atoms with Gasteiger partial charge in [0, 0.05) is 5.69 Å². The zero-order chi connectivity index (χ0) is 13.9. The largest absolute Gasteiger partial charge is 0.390 e. The van der Waals surface area contributed by atoms with E-state index in [2.05, 4.69) is 16.2 Å². The number of rotatable bonds is 3. The maximum Gasteiger partial charge on any atom is 0.185 e. The van der Waals surface area contributed by atoms with Gasteiger partial charge in [-0.1, -0.05) is 18.2 Å². The number of anilines is 1. The molecule has 0 unspecified atom stereocenters. The third-order valence-electron chi connectivity index (χ3n) is 2.73. The summed E-state index contributed by atoms with van der Waals surface area (Å²) in [6.07, 6.45) is -0.919. The lowest BCUT2D eigenvalue weighted by Crippen LogP contribution is -2.50. The molecule has 0 amide bonds. The highest BCUT2D eigenvalue weighted by atomic mass is 32.2. The summed E-state index contributed by atoms with van der Waals surface area (Å²) < 4.78 is 22.6. The molecule has 8 heteroatoms. The van der Waals surface area contributed by atoms with Crippen LogP contribution in [0.1, 0.15) is 0 Å². The minimum absolute atomic E-state index is 0.102. The van der Waals surface area contributed by atoms with E-state index in [1.165, 1.54) is 0 Å². The van der Waals surface area contributed by atoms with Crippen molar-refractivity contribution in [2.24, 2.45) is 0 Å². The SMILES string of the molecule is O=S1(=O)C[C@H](NNC(=S)Nc2ccccc2)[C@@H](O)C1. The van der Waals surface area contributed by atoms with Gasteiger partial charge in [-0.25, -0.2) is 13.8 Å². The molecule has 104 valence electrons. The quantitative estimate of drug-likeness (QED) is 0.447. The third-order valence-corrected chi connectivity index (χ3v) is 4.65. The number of nitrogens with one attached hydrogen (secondary N) is 3. The molecule has 1 aromatic carbocycles. The van der Waals surface area contributed by atoms with Crippen LogP contribution < -0.4 is 16.2 Å². The van der Waals surface area contributed by atoms with Crippen LogP contribution in [0.25, 0.3) is 0 Å². The van der Waals surface area contributed by atoms with Crippen molar-refractivity contribution in [2.45, 2.75) is 12.1 Å². The Morgan fingerprint density at radius 2 is 1.95 bits per heavy atom. The fraction of sp³-hybridized carbons (Fsp3) is 0.364. The summed E-state index contributed by atoms with van der Waals surface area (Å²) in [5.74, 6) is -0.319. The molecule has 0 radical (unpaired) electrons. The van der Waals surface area contributed by atoms with E-state index in [0.717, 1.165) is 5.69 Å². The molecule has 1 heterocycles. The van der Waals surface area contributed by atoms with E-state index in [0.29, 0.717) is 5.11 Å². The van der Waals surface area contributed by atoms with Gasteiger partial charge in [0.15, 0.2) is 14.9 Å². The molecule has 0 aliphatic carbocycles. The second-order valence-corrected chi connectivity index (χ2v) is 6.90. The Kier molecular flexibility index (Phi) is 4.35. The molecule has 1 saturated heterocycles. The zero-order valence-electron chi connectivity index (χ0n) is 10.0. The van der Waals surface area contributed by atoms with Crippen molar-refractivity contribution in [1.29, 1.82) is 0 Å². The van der Waals surface area contributed by atoms with Crippen molar-refractivity contribution in [1.82, 2.24) is 10.9 Å². The molecule has 2 rings (SSSR count). The summed E-state index contributed by atoms with van der Waals surface area (Å²) in [7, 11) is -3.17. The normalized spacial score (nSPS) is 24.9. The molecule has 0 aromatic heterocycles. The molecule has 0 saturated carbocycles. The van der Waals surface area contributed by atoms with Crippen LogP contribution in [0.15, 0.2) is 30.3 Å². The minimum Gasteiger partial charge on any atom is -0.390 e. The van der Waals surface area contributed by atoms with Gasteiger partial charge in [-0.3, -0.25) is 5.43 Å². The Labute approximate surface area is 117 Å². The Morgan fingerprint density at radius 3 is 2.53 bits per heavy atom. The first-order chi connectivity index (χ1) is 8.96. The Bertz CT molecular complexity index is 548. The summed E-state index contributed by atoms with van der Waals surface area (Å²) in [6.45, 7) is 0. The standard InChI is InChI=1S/C11H15N3O3S2/c15-10-7-19(16,17)6-9(10)13-14-11(18)12-8-4-2-1-3-5-8/h1-5,9-10,13,15H,6-7H2,(H2,12,14,18)/t9-,10-/m0/s1. The van der Waals surface area contributed by atoms with Crippen molar-refractivity contribution < 1.29 is 13.5 Å². The average molecular weight is 301 g/mol. The highest BCUT2D eigenvalue weighted by Gasteiger charge is 2.36. The first-order valence-corrected chi connectivity index (χ1v) is 7.95. The topological polar surface area (TPSA) is 90.5 Å². The minimum atomic E-state index is -3.17. The lowest BCUT2D eigenvalue weighted by Gasteiger charge is -2.17. The van der Waals surface area contributed by atoms with Crippen LogP contribution in [-0.2, 0) is 9.84 Å². The maximum atomic E-state index is 11.3. The molecular weight excluding hydrogens is 286 g/mol. The summed E-state index contributed by atoms with van der Waals surface area (Å²) in [4.78, 5) is 0. The first-order valence-electron chi connectivity index (χ1n) is 5.72. The van der Waals surface area contributed by atoms with Gasteiger partial charge < -0.3 is 10.4 Å². The monoisotopic (exact) mass is 301 g/mol. The van der Waals surface area contributed by atoms with Gasteiger partial charge in [-0.05, 0) is 24.4 Å². The van der Waals surface area contributed by atoms with Crippen molar-refractivity contribution in [2.75, 3.05) is 16.8 Å². The van der Waals surface area contributed by atoms with Crippen LogP contribution in [-0.4, -0.2) is 42.3 Å². The number of hydrazine groups is 1. The number of thiocarbonyl (C=S) groups is 1. The van der Waals surface area contributed by atoms with Crippen molar-refractivity contribution in [3.8, 4) is 0 Å². The fourth-order valence-electron chi connectivity index (χ4n) is 1.81. The molecule has 0 bridgehead atoms. The van der Waals surface area contributed by atoms with E-state index in [-0.39, 0.29) is 11.5 Å². The molecule has 1 fully saturated rings. The molecule has 1 aliphatic rings. The van der Waals surface area contributed by atoms with Crippen LogP contribution in [0.3, 0.4) is 0 Å². The summed E-state index contributed by atoms with van der Waals surface area (Å²) in [6, 6.07) is 8.77.